The summed E-state index contributed by atoms with van der Waals surface area (Å²) in [6, 6.07) is 10.5. The summed E-state index contributed by atoms with van der Waals surface area (Å²) in [6.45, 7) is 4.03. The number of hydrogen-bond donors (Lipinski definition) is 1. The first-order chi connectivity index (χ1) is 9.54. The Morgan fingerprint density at radius 1 is 1.35 bits per heavy atom. The van der Waals surface area contributed by atoms with Gasteiger partial charge in [0.2, 0.25) is 0 Å². The summed E-state index contributed by atoms with van der Waals surface area (Å²) < 4.78 is 11.0. The van der Waals surface area contributed by atoms with Crippen LogP contribution in [0.15, 0.2) is 40.8 Å². The molecule has 0 saturated carbocycles. The first kappa shape index (κ1) is 14.5. The second-order valence-electron chi connectivity index (χ2n) is 4.64. The van der Waals surface area contributed by atoms with E-state index in [1.165, 1.54) is 0 Å². The van der Waals surface area contributed by atoms with Gasteiger partial charge in [-0.05, 0) is 44.2 Å². The van der Waals surface area contributed by atoms with Crippen LogP contribution < -0.4 is 10.1 Å². The van der Waals surface area contributed by atoms with Crippen LogP contribution in [0, 0.1) is 0 Å². The van der Waals surface area contributed by atoms with Gasteiger partial charge in [0, 0.05) is 11.1 Å². The molecule has 0 unspecified atom stereocenters. The summed E-state index contributed by atoms with van der Waals surface area (Å²) in [6.07, 6.45) is 0. The van der Waals surface area contributed by atoms with E-state index in [0.29, 0.717) is 16.5 Å². The Balaban J connectivity index is 1.94. The van der Waals surface area contributed by atoms with E-state index in [-0.39, 0.29) is 24.3 Å². The molecule has 1 N–H and O–H groups in total. The maximum absolute atomic E-state index is 11.7. The van der Waals surface area contributed by atoms with E-state index in [9.17, 15) is 4.79 Å². The van der Waals surface area contributed by atoms with Crippen LogP contribution in [0.5, 0.6) is 5.75 Å². The first-order valence-electron chi connectivity index (χ1n) is 6.32. The zero-order valence-electron chi connectivity index (χ0n) is 11.4. The van der Waals surface area contributed by atoms with Crippen LogP contribution in [0.2, 0.25) is 5.02 Å². The highest BCUT2D eigenvalue weighted by molar-refractivity contribution is 6.30. The average molecular weight is 294 g/mol. The molecule has 20 heavy (non-hydrogen) atoms. The van der Waals surface area contributed by atoms with Crippen molar-refractivity contribution in [3.63, 3.8) is 0 Å². The van der Waals surface area contributed by atoms with Gasteiger partial charge in [0.25, 0.3) is 5.91 Å². The molecule has 0 aliphatic heterocycles. The van der Waals surface area contributed by atoms with Gasteiger partial charge in [-0.15, -0.1) is 0 Å². The topological polar surface area (TPSA) is 51.5 Å². The number of hydrogen-bond acceptors (Lipinski definition) is 3. The maximum atomic E-state index is 11.7. The Morgan fingerprint density at radius 3 is 2.85 bits per heavy atom. The highest BCUT2D eigenvalue weighted by Gasteiger charge is 2.12. The molecule has 0 spiro atoms. The van der Waals surface area contributed by atoms with Gasteiger partial charge in [-0.25, -0.2) is 0 Å². The van der Waals surface area contributed by atoms with Crippen LogP contribution in [0.4, 0.5) is 0 Å². The molecule has 0 radical (unpaired) electrons. The second-order valence-corrected chi connectivity index (χ2v) is 5.08. The number of halogens is 1. The molecule has 4 nitrogen and oxygen atoms in total. The minimum atomic E-state index is -0.228. The van der Waals surface area contributed by atoms with E-state index in [0.717, 1.165) is 0 Å². The molecule has 1 aromatic heterocycles. The lowest BCUT2D eigenvalue weighted by Crippen LogP contribution is -2.29. The Bertz CT molecular complexity index is 592. The zero-order valence-corrected chi connectivity index (χ0v) is 12.1. The Labute approximate surface area is 122 Å². The first-order valence-corrected chi connectivity index (χ1v) is 6.70. The monoisotopic (exact) mass is 293 g/mol. The van der Waals surface area contributed by atoms with Crippen LogP contribution in [0.25, 0.3) is 0 Å². The van der Waals surface area contributed by atoms with Crippen LogP contribution >= 0.6 is 11.6 Å². The van der Waals surface area contributed by atoms with Gasteiger partial charge in [-0.1, -0.05) is 17.7 Å². The summed E-state index contributed by atoms with van der Waals surface area (Å²) in [5.74, 6) is 1.29. The number of carbonyl (C=O) groups excluding carboxylic acids is 1. The highest BCUT2D eigenvalue weighted by atomic mass is 35.5. The molecular formula is C15H16ClNO3. The molecule has 1 heterocycles. The summed E-state index contributed by atoms with van der Waals surface area (Å²) in [4.78, 5) is 11.7. The van der Waals surface area contributed by atoms with Gasteiger partial charge < -0.3 is 14.5 Å². The minimum Gasteiger partial charge on any atom is -0.486 e. The highest BCUT2D eigenvalue weighted by Crippen LogP contribution is 2.19. The van der Waals surface area contributed by atoms with Crippen molar-refractivity contribution in [2.24, 2.45) is 0 Å². The molecule has 0 bridgehead atoms. The summed E-state index contributed by atoms with van der Waals surface area (Å²) in [7, 11) is 0. The third kappa shape index (κ3) is 4.03. The molecule has 1 aromatic carbocycles. The number of amides is 1. The molecule has 106 valence electrons. The molecule has 0 aliphatic rings. The lowest BCUT2D eigenvalue weighted by molar-refractivity contribution is 0.0911. The Morgan fingerprint density at radius 2 is 2.15 bits per heavy atom. The predicted molar refractivity (Wildman–Crippen MR) is 77.1 cm³/mol. The third-order valence-electron chi connectivity index (χ3n) is 2.48. The van der Waals surface area contributed by atoms with Crippen molar-refractivity contribution in [2.45, 2.75) is 26.5 Å². The number of nitrogens with one attached hydrogen (secondary N) is 1. The maximum Gasteiger partial charge on any atom is 0.287 e. The molecule has 0 aliphatic carbocycles. The van der Waals surface area contributed by atoms with Crippen LogP contribution in [0.3, 0.4) is 0 Å². The number of carbonyl (C=O) groups is 1. The lowest BCUT2D eigenvalue weighted by atomic mass is 10.3. The summed E-state index contributed by atoms with van der Waals surface area (Å²) >= 11 is 5.86. The van der Waals surface area contributed by atoms with Crippen molar-refractivity contribution in [3.8, 4) is 5.75 Å². The van der Waals surface area contributed by atoms with Crippen molar-refractivity contribution < 1.29 is 13.9 Å². The van der Waals surface area contributed by atoms with Gasteiger partial charge in [0.15, 0.2) is 5.76 Å². The van der Waals surface area contributed by atoms with E-state index >= 15 is 0 Å². The second kappa shape index (κ2) is 6.48. The van der Waals surface area contributed by atoms with Crippen LogP contribution in [-0.4, -0.2) is 11.9 Å². The Kier molecular flexibility index (Phi) is 4.69. The number of ether oxygens (including phenoxy) is 1. The number of furan rings is 1. The molecule has 0 atom stereocenters. The minimum absolute atomic E-state index is 0.0683. The number of benzene rings is 1. The van der Waals surface area contributed by atoms with Crippen molar-refractivity contribution in [1.82, 2.24) is 5.32 Å². The van der Waals surface area contributed by atoms with Crippen LogP contribution in [0.1, 0.15) is 30.2 Å². The Hall–Kier alpha value is -1.94. The van der Waals surface area contributed by atoms with E-state index in [2.05, 4.69) is 5.32 Å². The fraction of sp³-hybridized carbons (Fsp3) is 0.267. The zero-order chi connectivity index (χ0) is 14.5. The molecule has 1 amide bonds. The average Bonchev–Trinajstić information content (AvgIpc) is 2.84. The fourth-order valence-electron chi connectivity index (χ4n) is 1.62. The summed E-state index contributed by atoms with van der Waals surface area (Å²) in [5, 5.41) is 3.37. The molecule has 0 saturated heterocycles. The molecule has 0 fully saturated rings. The fourth-order valence-corrected chi connectivity index (χ4v) is 1.80. The van der Waals surface area contributed by atoms with Crippen molar-refractivity contribution in [1.29, 1.82) is 0 Å². The van der Waals surface area contributed by atoms with Crippen molar-refractivity contribution in [3.05, 3.63) is 52.9 Å². The largest absolute Gasteiger partial charge is 0.486 e. The molecule has 2 aromatic rings. The molecular weight excluding hydrogens is 278 g/mol. The van der Waals surface area contributed by atoms with Gasteiger partial charge >= 0.3 is 0 Å². The van der Waals surface area contributed by atoms with E-state index < -0.39 is 0 Å². The quantitative estimate of drug-likeness (QED) is 0.915. The van der Waals surface area contributed by atoms with Gasteiger partial charge in [0.1, 0.15) is 18.1 Å². The molecule has 5 heteroatoms. The van der Waals surface area contributed by atoms with Crippen molar-refractivity contribution in [2.75, 3.05) is 0 Å². The smallest absolute Gasteiger partial charge is 0.287 e. The van der Waals surface area contributed by atoms with Crippen molar-refractivity contribution >= 4 is 17.5 Å². The SMILES string of the molecule is CC(C)NC(=O)c1ccc(COc2cccc(Cl)c2)o1. The van der Waals surface area contributed by atoms with E-state index in [1.807, 2.05) is 13.8 Å². The van der Waals surface area contributed by atoms with Crippen LogP contribution in [-0.2, 0) is 6.61 Å². The summed E-state index contributed by atoms with van der Waals surface area (Å²) in [5.41, 5.74) is 0. The standard InChI is InChI=1S/C15H16ClNO3/c1-10(2)17-15(18)14-7-6-13(20-14)9-19-12-5-3-4-11(16)8-12/h3-8,10H,9H2,1-2H3,(H,17,18). The lowest BCUT2D eigenvalue weighted by Gasteiger charge is -2.06. The van der Waals surface area contributed by atoms with E-state index in [4.69, 9.17) is 20.8 Å². The molecule has 2 rings (SSSR count). The van der Waals surface area contributed by atoms with Gasteiger partial charge in [-0.3, -0.25) is 4.79 Å². The third-order valence-corrected chi connectivity index (χ3v) is 2.72. The number of rotatable bonds is 5. The van der Waals surface area contributed by atoms with E-state index in [1.54, 1.807) is 36.4 Å². The van der Waals surface area contributed by atoms with Gasteiger partial charge in [-0.2, -0.15) is 0 Å². The normalized spacial score (nSPS) is 10.6. The predicted octanol–water partition coefficient (Wildman–Crippen LogP) is 3.65. The van der Waals surface area contributed by atoms with Gasteiger partial charge in [0.05, 0.1) is 0 Å².